The Hall–Kier alpha value is -5.05. The molecule has 0 saturated heterocycles. The number of halogens is 1. The highest BCUT2D eigenvalue weighted by Crippen LogP contribution is 2.30. The molecule has 1 N–H and O–H groups in total. The number of fused-ring (bicyclic) bond motifs is 1. The fourth-order valence-corrected chi connectivity index (χ4v) is 4.36. The van der Waals surface area contributed by atoms with Gasteiger partial charge in [0.15, 0.2) is 0 Å². The normalized spacial score (nSPS) is 11.6. The largest absolute Gasteiger partial charge is 0.497 e. The average Bonchev–Trinajstić information content (AvgIpc) is 3.38. The smallest absolute Gasteiger partial charge is 0.249 e. The van der Waals surface area contributed by atoms with Gasteiger partial charge in [0, 0.05) is 12.2 Å². The zero-order valence-corrected chi connectivity index (χ0v) is 21.2. The number of carbonyl (C=O) groups excluding carboxylic acids is 2. The number of nitrogens with zero attached hydrogens (tertiary/aromatic N) is 4. The molecule has 0 aliphatic carbocycles. The Kier molecular flexibility index (Phi) is 7.58. The molecular weight excluding hydrogens is 497 g/mol. The molecular formula is C30H26FN5O3. The van der Waals surface area contributed by atoms with Gasteiger partial charge in [-0.3, -0.25) is 14.5 Å². The SMILES string of the molecule is COc1ccc([C@H](C(=O)NCc2ccccc2)N(C(=O)Cn2nnc3ccccc32)c2ccc(F)cc2)cc1. The van der Waals surface area contributed by atoms with Crippen molar-refractivity contribution in [2.45, 2.75) is 19.1 Å². The van der Waals surface area contributed by atoms with Gasteiger partial charge < -0.3 is 10.1 Å². The standard InChI is InChI=1S/C30H26FN5O3/c1-39-25-17-11-22(12-18-25)29(30(38)32-19-21-7-3-2-4-8-21)36(24-15-13-23(31)14-16-24)28(37)20-35-27-10-6-5-9-26(27)33-34-35/h2-18,29H,19-20H2,1H3,(H,32,38)/t29-/m1/s1. The maximum absolute atomic E-state index is 14.0. The molecule has 0 radical (unpaired) electrons. The topological polar surface area (TPSA) is 89.4 Å². The van der Waals surface area contributed by atoms with Crippen LogP contribution in [0, 0.1) is 5.82 Å². The second-order valence-corrected chi connectivity index (χ2v) is 8.86. The quantitative estimate of drug-likeness (QED) is 0.303. The van der Waals surface area contributed by atoms with Gasteiger partial charge in [0.2, 0.25) is 11.8 Å². The molecule has 1 aromatic heterocycles. The number of hydrogen-bond acceptors (Lipinski definition) is 5. The van der Waals surface area contributed by atoms with Gasteiger partial charge in [-0.1, -0.05) is 59.8 Å². The summed E-state index contributed by atoms with van der Waals surface area (Å²) in [7, 11) is 1.55. The molecule has 1 heterocycles. The number of amides is 2. The summed E-state index contributed by atoms with van der Waals surface area (Å²) in [5.74, 6) is -0.669. The van der Waals surface area contributed by atoms with Crippen molar-refractivity contribution >= 4 is 28.5 Å². The lowest BCUT2D eigenvalue weighted by Crippen LogP contribution is -2.45. The number of methoxy groups -OCH3 is 1. The molecule has 0 fully saturated rings. The van der Waals surface area contributed by atoms with E-state index in [0.717, 1.165) is 5.56 Å². The van der Waals surface area contributed by atoms with Gasteiger partial charge in [-0.2, -0.15) is 0 Å². The third kappa shape index (κ3) is 5.77. The van der Waals surface area contributed by atoms with Crippen LogP contribution in [0.1, 0.15) is 17.2 Å². The number of anilines is 1. The minimum absolute atomic E-state index is 0.184. The first-order valence-corrected chi connectivity index (χ1v) is 12.3. The second-order valence-electron chi connectivity index (χ2n) is 8.86. The lowest BCUT2D eigenvalue weighted by Gasteiger charge is -2.31. The lowest BCUT2D eigenvalue weighted by atomic mass is 10.0. The van der Waals surface area contributed by atoms with E-state index in [9.17, 15) is 14.0 Å². The zero-order chi connectivity index (χ0) is 27.2. The van der Waals surface area contributed by atoms with Crippen LogP contribution in [-0.2, 0) is 22.7 Å². The molecule has 39 heavy (non-hydrogen) atoms. The Bertz CT molecular complexity index is 1570. The summed E-state index contributed by atoms with van der Waals surface area (Å²) >= 11 is 0. The van der Waals surface area contributed by atoms with Crippen LogP contribution < -0.4 is 15.0 Å². The molecule has 5 rings (SSSR count). The Morgan fingerprint density at radius 3 is 2.33 bits per heavy atom. The lowest BCUT2D eigenvalue weighted by molar-refractivity contribution is -0.127. The van der Waals surface area contributed by atoms with Gasteiger partial charge in [-0.05, 0) is 59.7 Å². The van der Waals surface area contributed by atoms with Crippen molar-refractivity contribution in [2.75, 3.05) is 12.0 Å². The number of hydrogen-bond donors (Lipinski definition) is 1. The molecule has 0 aliphatic heterocycles. The van der Waals surface area contributed by atoms with Crippen LogP contribution in [0.4, 0.5) is 10.1 Å². The van der Waals surface area contributed by atoms with Crippen molar-refractivity contribution < 1.29 is 18.7 Å². The molecule has 2 amide bonds. The van der Waals surface area contributed by atoms with Gasteiger partial charge in [0.05, 0.1) is 12.6 Å². The molecule has 9 heteroatoms. The van der Waals surface area contributed by atoms with Gasteiger partial charge >= 0.3 is 0 Å². The van der Waals surface area contributed by atoms with Crippen molar-refractivity contribution in [2.24, 2.45) is 0 Å². The minimum atomic E-state index is -1.06. The number of carbonyl (C=O) groups is 2. The van der Waals surface area contributed by atoms with Crippen molar-refractivity contribution in [3.05, 3.63) is 120 Å². The first-order chi connectivity index (χ1) is 19.0. The second kappa shape index (κ2) is 11.6. The molecule has 1 atom stereocenters. The van der Waals surface area contributed by atoms with Crippen LogP contribution in [0.2, 0.25) is 0 Å². The van der Waals surface area contributed by atoms with E-state index < -0.39 is 23.7 Å². The maximum atomic E-state index is 14.0. The molecule has 0 spiro atoms. The highest BCUT2D eigenvalue weighted by atomic mass is 19.1. The molecule has 0 bridgehead atoms. The number of rotatable bonds is 9. The van der Waals surface area contributed by atoms with Gasteiger partial charge in [0.1, 0.15) is 29.7 Å². The summed E-state index contributed by atoms with van der Waals surface area (Å²) in [6, 6.07) is 28.1. The van der Waals surface area contributed by atoms with Crippen molar-refractivity contribution in [1.29, 1.82) is 0 Å². The molecule has 0 saturated carbocycles. The van der Waals surface area contributed by atoms with Crippen LogP contribution in [0.5, 0.6) is 5.75 Å². The fourth-order valence-electron chi connectivity index (χ4n) is 4.36. The number of aromatic nitrogens is 3. The third-order valence-corrected chi connectivity index (χ3v) is 6.33. The number of nitrogens with one attached hydrogen (secondary N) is 1. The van der Waals surface area contributed by atoms with E-state index >= 15 is 0 Å². The van der Waals surface area contributed by atoms with E-state index in [0.29, 0.717) is 28.0 Å². The molecule has 5 aromatic rings. The van der Waals surface area contributed by atoms with E-state index in [1.807, 2.05) is 48.5 Å². The third-order valence-electron chi connectivity index (χ3n) is 6.33. The summed E-state index contributed by atoms with van der Waals surface area (Å²) in [6.45, 7) is 0.0853. The first-order valence-electron chi connectivity index (χ1n) is 12.3. The summed E-state index contributed by atoms with van der Waals surface area (Å²) < 4.78 is 20.7. The molecule has 196 valence electrons. The van der Waals surface area contributed by atoms with E-state index in [-0.39, 0.29) is 13.1 Å². The maximum Gasteiger partial charge on any atom is 0.249 e. The highest BCUT2D eigenvalue weighted by Gasteiger charge is 2.33. The molecule has 0 unspecified atom stereocenters. The van der Waals surface area contributed by atoms with E-state index in [4.69, 9.17) is 4.74 Å². The monoisotopic (exact) mass is 523 g/mol. The van der Waals surface area contributed by atoms with Crippen molar-refractivity contribution in [3.8, 4) is 5.75 Å². The molecule has 4 aromatic carbocycles. The minimum Gasteiger partial charge on any atom is -0.497 e. The van der Waals surface area contributed by atoms with Crippen LogP contribution in [-0.4, -0.2) is 33.9 Å². The number of ether oxygens (including phenoxy) is 1. The summed E-state index contributed by atoms with van der Waals surface area (Å²) in [5.41, 5.74) is 3.16. The molecule has 0 aliphatic rings. The van der Waals surface area contributed by atoms with E-state index in [1.54, 1.807) is 37.4 Å². The summed E-state index contributed by atoms with van der Waals surface area (Å²) in [5, 5.41) is 11.2. The van der Waals surface area contributed by atoms with Gasteiger partial charge in [0.25, 0.3) is 0 Å². The Labute approximate surface area is 224 Å². The summed E-state index contributed by atoms with van der Waals surface area (Å²) in [6.07, 6.45) is 0. The fraction of sp³-hybridized carbons (Fsp3) is 0.133. The van der Waals surface area contributed by atoms with E-state index in [2.05, 4.69) is 15.6 Å². The zero-order valence-electron chi connectivity index (χ0n) is 21.2. The predicted octanol–water partition coefficient (Wildman–Crippen LogP) is 4.67. The highest BCUT2D eigenvalue weighted by molar-refractivity contribution is 6.01. The predicted molar refractivity (Wildman–Crippen MR) is 145 cm³/mol. The van der Waals surface area contributed by atoms with Crippen molar-refractivity contribution in [1.82, 2.24) is 20.3 Å². The van der Waals surface area contributed by atoms with Crippen LogP contribution in [0.25, 0.3) is 11.0 Å². The number of para-hydroxylation sites is 1. The molecule has 8 nitrogen and oxygen atoms in total. The van der Waals surface area contributed by atoms with Crippen molar-refractivity contribution in [3.63, 3.8) is 0 Å². The van der Waals surface area contributed by atoms with Crippen LogP contribution in [0.3, 0.4) is 0 Å². The number of benzene rings is 4. The Morgan fingerprint density at radius 2 is 1.62 bits per heavy atom. The van der Waals surface area contributed by atoms with Crippen LogP contribution >= 0.6 is 0 Å². The Balaban J connectivity index is 1.55. The first kappa shape index (κ1) is 25.6. The summed E-state index contributed by atoms with van der Waals surface area (Å²) in [4.78, 5) is 29.2. The Morgan fingerprint density at radius 1 is 0.923 bits per heavy atom. The van der Waals surface area contributed by atoms with Gasteiger partial charge in [-0.25, -0.2) is 9.07 Å². The van der Waals surface area contributed by atoms with E-state index in [1.165, 1.54) is 33.8 Å². The average molecular weight is 524 g/mol. The van der Waals surface area contributed by atoms with Crippen LogP contribution in [0.15, 0.2) is 103 Å². The van der Waals surface area contributed by atoms with Gasteiger partial charge in [-0.15, -0.1) is 5.10 Å².